The molecule has 0 aliphatic carbocycles. The van der Waals surface area contributed by atoms with Gasteiger partial charge in [0.1, 0.15) is 0 Å². The summed E-state index contributed by atoms with van der Waals surface area (Å²) in [7, 11) is 0. The highest BCUT2D eigenvalue weighted by molar-refractivity contribution is 6.30. The van der Waals surface area contributed by atoms with Crippen LogP contribution in [0.2, 0.25) is 5.02 Å². The van der Waals surface area contributed by atoms with Gasteiger partial charge in [-0.3, -0.25) is 0 Å². The van der Waals surface area contributed by atoms with Crippen LogP contribution in [0.15, 0.2) is 48.8 Å². The van der Waals surface area contributed by atoms with E-state index >= 15 is 0 Å². The molecule has 1 aromatic heterocycles. The number of nitrogens with zero attached hydrogens (tertiary/aromatic N) is 1. The lowest BCUT2D eigenvalue weighted by molar-refractivity contribution is 0.251. The number of anilines is 1. The number of urea groups is 1. The Kier molecular flexibility index (Phi) is 4.25. The summed E-state index contributed by atoms with van der Waals surface area (Å²) in [5, 5.41) is 6.16. The van der Waals surface area contributed by atoms with Crippen LogP contribution >= 0.6 is 11.6 Å². The fraction of sp³-hybridized carbons (Fsp3) is 0.154. The molecule has 0 bridgehead atoms. The summed E-state index contributed by atoms with van der Waals surface area (Å²) in [5.41, 5.74) is 0.720. The summed E-state index contributed by atoms with van der Waals surface area (Å²) in [5.74, 6) is 0. The zero-order valence-corrected chi connectivity index (χ0v) is 10.5. The molecule has 0 fully saturated rings. The summed E-state index contributed by atoms with van der Waals surface area (Å²) < 4.78 is 2.00. The molecule has 2 amide bonds. The number of halogens is 1. The molecule has 1 heterocycles. The summed E-state index contributed by atoms with van der Waals surface area (Å²) in [4.78, 5) is 11.6. The molecular weight excluding hydrogens is 250 g/mol. The standard InChI is InChI=1S/C13H14ClN3O/c14-11-3-5-12(6-4-11)16-13(18)15-7-10-17-8-1-2-9-17/h1-6,8-9H,7,10H2,(H2,15,16,18). The third kappa shape index (κ3) is 3.82. The van der Waals surface area contributed by atoms with Gasteiger partial charge in [0, 0.05) is 36.2 Å². The molecule has 0 atom stereocenters. The van der Waals surface area contributed by atoms with E-state index in [4.69, 9.17) is 11.6 Å². The van der Waals surface area contributed by atoms with Crippen LogP contribution in [0, 0.1) is 0 Å². The maximum atomic E-state index is 11.6. The Hall–Kier alpha value is -1.94. The van der Waals surface area contributed by atoms with E-state index in [-0.39, 0.29) is 6.03 Å². The molecule has 2 aromatic rings. The number of carbonyl (C=O) groups excluding carboxylic acids is 1. The zero-order chi connectivity index (χ0) is 12.8. The second-order valence-corrected chi connectivity index (χ2v) is 4.25. The smallest absolute Gasteiger partial charge is 0.319 e. The Morgan fingerprint density at radius 1 is 1.17 bits per heavy atom. The molecule has 94 valence electrons. The van der Waals surface area contributed by atoms with Crippen molar-refractivity contribution in [1.29, 1.82) is 0 Å². The molecule has 0 saturated heterocycles. The molecule has 0 spiro atoms. The number of amides is 2. The lowest BCUT2D eigenvalue weighted by atomic mass is 10.3. The average molecular weight is 264 g/mol. The zero-order valence-electron chi connectivity index (χ0n) is 9.77. The van der Waals surface area contributed by atoms with Gasteiger partial charge >= 0.3 is 6.03 Å². The lowest BCUT2D eigenvalue weighted by Gasteiger charge is -2.08. The van der Waals surface area contributed by atoms with Crippen molar-refractivity contribution in [2.45, 2.75) is 6.54 Å². The number of rotatable bonds is 4. The molecule has 0 saturated carbocycles. The van der Waals surface area contributed by atoms with Gasteiger partial charge in [-0.1, -0.05) is 11.6 Å². The van der Waals surface area contributed by atoms with Crippen LogP contribution in [-0.4, -0.2) is 17.1 Å². The van der Waals surface area contributed by atoms with E-state index in [1.807, 2.05) is 29.1 Å². The van der Waals surface area contributed by atoms with Gasteiger partial charge in [0.2, 0.25) is 0 Å². The Morgan fingerprint density at radius 2 is 1.83 bits per heavy atom. The normalized spacial score (nSPS) is 10.1. The molecule has 4 nitrogen and oxygen atoms in total. The van der Waals surface area contributed by atoms with Gasteiger partial charge in [-0.05, 0) is 36.4 Å². The molecule has 18 heavy (non-hydrogen) atoms. The first-order valence-electron chi connectivity index (χ1n) is 5.65. The van der Waals surface area contributed by atoms with E-state index in [1.165, 1.54) is 0 Å². The first-order chi connectivity index (χ1) is 8.74. The molecule has 0 aliphatic rings. The second-order valence-electron chi connectivity index (χ2n) is 3.81. The van der Waals surface area contributed by atoms with Crippen molar-refractivity contribution in [3.63, 3.8) is 0 Å². The topological polar surface area (TPSA) is 46.1 Å². The second kappa shape index (κ2) is 6.12. The Balaban J connectivity index is 1.73. The Labute approximate surface area is 111 Å². The van der Waals surface area contributed by atoms with Crippen LogP contribution in [0.25, 0.3) is 0 Å². The molecule has 0 aliphatic heterocycles. The van der Waals surface area contributed by atoms with Gasteiger partial charge in [-0.15, -0.1) is 0 Å². The van der Waals surface area contributed by atoms with Gasteiger partial charge in [0.25, 0.3) is 0 Å². The summed E-state index contributed by atoms with van der Waals surface area (Å²) in [6, 6.07) is 10.7. The fourth-order valence-corrected chi connectivity index (χ4v) is 1.65. The van der Waals surface area contributed by atoms with Crippen molar-refractivity contribution in [3.8, 4) is 0 Å². The fourth-order valence-electron chi connectivity index (χ4n) is 1.53. The third-order valence-electron chi connectivity index (χ3n) is 2.42. The quantitative estimate of drug-likeness (QED) is 0.875. The van der Waals surface area contributed by atoms with Crippen LogP contribution < -0.4 is 10.6 Å². The number of hydrogen-bond donors (Lipinski definition) is 2. The molecule has 2 N–H and O–H groups in total. The maximum Gasteiger partial charge on any atom is 0.319 e. The van der Waals surface area contributed by atoms with Crippen molar-refractivity contribution < 1.29 is 4.79 Å². The molecule has 2 rings (SSSR count). The van der Waals surface area contributed by atoms with Gasteiger partial charge in [0.15, 0.2) is 0 Å². The minimum Gasteiger partial charge on any atom is -0.353 e. The van der Waals surface area contributed by atoms with Crippen molar-refractivity contribution in [3.05, 3.63) is 53.8 Å². The van der Waals surface area contributed by atoms with E-state index in [0.717, 1.165) is 12.2 Å². The SMILES string of the molecule is O=C(NCCn1cccc1)Nc1ccc(Cl)cc1. The van der Waals surface area contributed by atoms with E-state index in [0.29, 0.717) is 11.6 Å². The van der Waals surface area contributed by atoms with Crippen molar-refractivity contribution in [2.24, 2.45) is 0 Å². The number of benzene rings is 1. The van der Waals surface area contributed by atoms with E-state index < -0.39 is 0 Å². The number of carbonyl (C=O) groups is 1. The summed E-state index contributed by atoms with van der Waals surface area (Å²) >= 11 is 5.76. The van der Waals surface area contributed by atoms with Crippen LogP contribution in [0.3, 0.4) is 0 Å². The Bertz CT molecular complexity index is 493. The van der Waals surface area contributed by atoms with Crippen molar-refractivity contribution in [1.82, 2.24) is 9.88 Å². The van der Waals surface area contributed by atoms with Gasteiger partial charge in [-0.25, -0.2) is 4.79 Å². The Morgan fingerprint density at radius 3 is 2.50 bits per heavy atom. The molecular formula is C13H14ClN3O. The predicted octanol–water partition coefficient (Wildman–Crippen LogP) is 2.96. The number of nitrogens with one attached hydrogen (secondary N) is 2. The van der Waals surface area contributed by atoms with Crippen LogP contribution in [0.4, 0.5) is 10.5 Å². The van der Waals surface area contributed by atoms with Crippen molar-refractivity contribution in [2.75, 3.05) is 11.9 Å². The van der Waals surface area contributed by atoms with E-state index in [1.54, 1.807) is 24.3 Å². The van der Waals surface area contributed by atoms with Crippen LogP contribution in [-0.2, 0) is 6.54 Å². The summed E-state index contributed by atoms with van der Waals surface area (Å²) in [6.45, 7) is 1.33. The van der Waals surface area contributed by atoms with Crippen LogP contribution in [0.1, 0.15) is 0 Å². The van der Waals surface area contributed by atoms with Gasteiger partial charge in [0.05, 0.1) is 0 Å². The lowest BCUT2D eigenvalue weighted by Crippen LogP contribution is -2.31. The largest absolute Gasteiger partial charge is 0.353 e. The van der Waals surface area contributed by atoms with Crippen LogP contribution in [0.5, 0.6) is 0 Å². The average Bonchev–Trinajstić information content (AvgIpc) is 2.85. The highest BCUT2D eigenvalue weighted by Crippen LogP contribution is 2.12. The predicted molar refractivity (Wildman–Crippen MR) is 72.9 cm³/mol. The minimum absolute atomic E-state index is 0.218. The molecule has 1 aromatic carbocycles. The highest BCUT2D eigenvalue weighted by Gasteiger charge is 2.00. The van der Waals surface area contributed by atoms with Crippen molar-refractivity contribution >= 4 is 23.3 Å². The third-order valence-corrected chi connectivity index (χ3v) is 2.68. The molecule has 0 unspecified atom stereocenters. The van der Waals surface area contributed by atoms with E-state index in [9.17, 15) is 4.79 Å². The molecule has 5 heteroatoms. The molecule has 0 radical (unpaired) electrons. The monoisotopic (exact) mass is 263 g/mol. The first kappa shape index (κ1) is 12.5. The number of aromatic nitrogens is 1. The van der Waals surface area contributed by atoms with Gasteiger partial charge < -0.3 is 15.2 Å². The highest BCUT2D eigenvalue weighted by atomic mass is 35.5. The number of hydrogen-bond acceptors (Lipinski definition) is 1. The maximum absolute atomic E-state index is 11.6. The minimum atomic E-state index is -0.218. The first-order valence-corrected chi connectivity index (χ1v) is 6.03. The van der Waals surface area contributed by atoms with E-state index in [2.05, 4.69) is 10.6 Å². The summed E-state index contributed by atoms with van der Waals surface area (Å²) in [6.07, 6.45) is 3.91. The van der Waals surface area contributed by atoms with Gasteiger partial charge in [-0.2, -0.15) is 0 Å².